The van der Waals surface area contributed by atoms with Crippen LogP contribution in [0.4, 0.5) is 9.18 Å². The van der Waals surface area contributed by atoms with Gasteiger partial charge in [0.25, 0.3) is 0 Å². The molecule has 0 unspecified atom stereocenters. The summed E-state index contributed by atoms with van der Waals surface area (Å²) in [6.45, 7) is 7.28. The molecule has 0 spiro atoms. The van der Waals surface area contributed by atoms with Crippen molar-refractivity contribution < 1.29 is 18.8 Å². The normalized spacial score (nSPS) is 21.9. The average Bonchev–Trinajstić information content (AvgIpc) is 2.73. The van der Waals surface area contributed by atoms with Crippen molar-refractivity contribution in [1.82, 2.24) is 25.1 Å². The number of unbranched alkanes of at least 4 members (excludes halogenated alkanes) is 1. The Bertz CT molecular complexity index is 831. The SMILES string of the molecule is CCCCN1C[C@H]2N(C(=O)CN(C)N2C(=O)NCc2ccc(F)cc2)[C@@H](CC(C)C)C1=O. The minimum absolute atomic E-state index is 0.0251. The monoisotopic (exact) mass is 447 g/mol. The predicted molar refractivity (Wildman–Crippen MR) is 118 cm³/mol. The fourth-order valence-electron chi connectivity index (χ4n) is 4.39. The van der Waals surface area contributed by atoms with Crippen molar-refractivity contribution in [1.29, 1.82) is 0 Å². The summed E-state index contributed by atoms with van der Waals surface area (Å²) in [5.74, 6) is -0.286. The highest BCUT2D eigenvalue weighted by Crippen LogP contribution is 2.29. The second-order valence-electron chi connectivity index (χ2n) is 9.01. The molecule has 2 saturated heterocycles. The summed E-state index contributed by atoms with van der Waals surface area (Å²) >= 11 is 0. The summed E-state index contributed by atoms with van der Waals surface area (Å²) in [5.41, 5.74) is 0.772. The molecule has 0 saturated carbocycles. The average molecular weight is 448 g/mol. The minimum Gasteiger partial charge on any atom is -0.337 e. The summed E-state index contributed by atoms with van der Waals surface area (Å²) in [5, 5.41) is 6.03. The lowest BCUT2D eigenvalue weighted by Gasteiger charge is -2.54. The molecule has 0 aromatic heterocycles. The van der Waals surface area contributed by atoms with Gasteiger partial charge in [0, 0.05) is 20.1 Å². The molecule has 0 radical (unpaired) electrons. The molecule has 3 rings (SSSR count). The summed E-state index contributed by atoms with van der Waals surface area (Å²) < 4.78 is 13.2. The van der Waals surface area contributed by atoms with Crippen LogP contribution in [0, 0.1) is 11.7 Å². The number of hydrogen-bond acceptors (Lipinski definition) is 4. The van der Waals surface area contributed by atoms with Crippen molar-refractivity contribution in [3.63, 3.8) is 0 Å². The molecule has 2 heterocycles. The van der Waals surface area contributed by atoms with Crippen LogP contribution in [0.15, 0.2) is 24.3 Å². The standard InChI is InChI=1S/C23H34FN5O3/c1-5-6-11-27-14-20-28(19(22(27)31)12-16(2)3)21(30)15-26(4)29(20)23(32)25-13-17-7-9-18(24)10-8-17/h7-10,16,19-20H,5-6,11-15H2,1-4H3,(H,25,32)/t19-,20-/m0/s1. The Morgan fingerprint density at radius 2 is 1.91 bits per heavy atom. The fraction of sp³-hybridized carbons (Fsp3) is 0.609. The molecule has 9 heteroatoms. The van der Waals surface area contributed by atoms with E-state index in [0.29, 0.717) is 13.0 Å². The number of hydrazine groups is 1. The van der Waals surface area contributed by atoms with Crippen LogP contribution in [0.3, 0.4) is 0 Å². The van der Waals surface area contributed by atoms with Gasteiger partial charge in [0.05, 0.1) is 13.1 Å². The maximum absolute atomic E-state index is 13.2. The van der Waals surface area contributed by atoms with Crippen molar-refractivity contribution in [3.05, 3.63) is 35.6 Å². The number of carbonyl (C=O) groups is 3. The van der Waals surface area contributed by atoms with Crippen LogP contribution in [0.25, 0.3) is 0 Å². The van der Waals surface area contributed by atoms with E-state index in [-0.39, 0.29) is 49.2 Å². The van der Waals surface area contributed by atoms with Gasteiger partial charge >= 0.3 is 6.03 Å². The Morgan fingerprint density at radius 3 is 2.53 bits per heavy atom. The molecule has 2 atom stereocenters. The molecule has 1 aromatic carbocycles. The van der Waals surface area contributed by atoms with Gasteiger partial charge in [-0.3, -0.25) is 9.59 Å². The zero-order valence-electron chi connectivity index (χ0n) is 19.4. The third-order valence-electron chi connectivity index (χ3n) is 5.98. The second-order valence-corrected chi connectivity index (χ2v) is 9.01. The number of fused-ring (bicyclic) bond motifs is 1. The van der Waals surface area contributed by atoms with Crippen LogP contribution in [0.5, 0.6) is 0 Å². The topological polar surface area (TPSA) is 76.2 Å². The maximum Gasteiger partial charge on any atom is 0.334 e. The van der Waals surface area contributed by atoms with E-state index in [1.54, 1.807) is 39.0 Å². The first-order valence-electron chi connectivity index (χ1n) is 11.3. The largest absolute Gasteiger partial charge is 0.337 e. The highest BCUT2D eigenvalue weighted by molar-refractivity contribution is 5.91. The van der Waals surface area contributed by atoms with E-state index >= 15 is 0 Å². The first-order chi connectivity index (χ1) is 15.2. The van der Waals surface area contributed by atoms with Crippen LogP contribution in [0.2, 0.25) is 0 Å². The molecule has 8 nitrogen and oxygen atoms in total. The third kappa shape index (κ3) is 5.20. The van der Waals surface area contributed by atoms with Crippen molar-refractivity contribution in [3.8, 4) is 0 Å². The quantitative estimate of drug-likeness (QED) is 0.697. The van der Waals surface area contributed by atoms with Crippen LogP contribution in [0.1, 0.15) is 45.6 Å². The first-order valence-corrected chi connectivity index (χ1v) is 11.3. The smallest absolute Gasteiger partial charge is 0.334 e. The van der Waals surface area contributed by atoms with Gasteiger partial charge in [-0.2, -0.15) is 0 Å². The Balaban J connectivity index is 1.83. The van der Waals surface area contributed by atoms with Gasteiger partial charge in [0.1, 0.15) is 18.0 Å². The molecule has 32 heavy (non-hydrogen) atoms. The van der Waals surface area contributed by atoms with Crippen LogP contribution < -0.4 is 5.32 Å². The van der Waals surface area contributed by atoms with E-state index in [9.17, 15) is 18.8 Å². The van der Waals surface area contributed by atoms with Crippen molar-refractivity contribution in [2.45, 2.75) is 58.8 Å². The molecule has 2 aliphatic heterocycles. The Hall–Kier alpha value is -2.68. The molecule has 4 amide bonds. The highest BCUT2D eigenvalue weighted by atomic mass is 19.1. The van der Waals surface area contributed by atoms with Crippen molar-refractivity contribution in [2.75, 3.05) is 26.7 Å². The number of likely N-dealkylation sites (N-methyl/N-ethyl adjacent to an activating group) is 1. The Labute approximate surface area is 189 Å². The number of urea groups is 1. The van der Waals surface area contributed by atoms with E-state index in [0.717, 1.165) is 18.4 Å². The van der Waals surface area contributed by atoms with Gasteiger partial charge in [0.15, 0.2) is 0 Å². The number of rotatable bonds is 7. The number of nitrogens with zero attached hydrogens (tertiary/aromatic N) is 4. The second kappa shape index (κ2) is 10.3. The van der Waals surface area contributed by atoms with Gasteiger partial charge < -0.3 is 15.1 Å². The number of halogens is 1. The lowest BCUT2D eigenvalue weighted by atomic mass is 9.97. The summed E-state index contributed by atoms with van der Waals surface area (Å²) in [6, 6.07) is 5.02. The summed E-state index contributed by atoms with van der Waals surface area (Å²) in [6.07, 6.45) is 1.81. The van der Waals surface area contributed by atoms with Crippen LogP contribution in [-0.2, 0) is 16.1 Å². The Kier molecular flexibility index (Phi) is 7.71. The minimum atomic E-state index is -0.570. The third-order valence-corrected chi connectivity index (χ3v) is 5.98. The molecular formula is C23H34FN5O3. The molecular weight excluding hydrogens is 413 g/mol. The van der Waals surface area contributed by atoms with E-state index in [1.807, 2.05) is 13.8 Å². The van der Waals surface area contributed by atoms with Crippen molar-refractivity contribution >= 4 is 17.8 Å². The number of benzene rings is 1. The molecule has 176 valence electrons. The lowest BCUT2D eigenvalue weighted by Crippen LogP contribution is -2.76. The number of piperazine rings is 1. The van der Waals surface area contributed by atoms with E-state index < -0.39 is 12.2 Å². The molecule has 1 N–H and O–H groups in total. The zero-order valence-corrected chi connectivity index (χ0v) is 19.4. The molecule has 0 aliphatic carbocycles. The van der Waals surface area contributed by atoms with Crippen LogP contribution >= 0.6 is 0 Å². The number of nitrogens with one attached hydrogen (secondary N) is 1. The number of amides is 4. The van der Waals surface area contributed by atoms with Gasteiger partial charge in [-0.1, -0.05) is 39.3 Å². The van der Waals surface area contributed by atoms with E-state index in [1.165, 1.54) is 12.1 Å². The lowest BCUT2D eigenvalue weighted by molar-refractivity contribution is -0.188. The number of carbonyl (C=O) groups excluding carboxylic acids is 3. The van der Waals surface area contributed by atoms with Crippen molar-refractivity contribution in [2.24, 2.45) is 5.92 Å². The molecule has 1 aromatic rings. The summed E-state index contributed by atoms with van der Waals surface area (Å²) in [7, 11) is 1.71. The molecule has 2 aliphatic rings. The predicted octanol–water partition coefficient (Wildman–Crippen LogP) is 2.41. The van der Waals surface area contributed by atoms with Gasteiger partial charge in [-0.05, 0) is 36.5 Å². The zero-order chi connectivity index (χ0) is 23.4. The maximum atomic E-state index is 13.2. The van der Waals surface area contributed by atoms with Gasteiger partial charge in [-0.25, -0.2) is 19.2 Å². The van der Waals surface area contributed by atoms with Crippen LogP contribution in [-0.4, -0.2) is 76.6 Å². The molecule has 2 fully saturated rings. The molecule has 0 bridgehead atoms. The van der Waals surface area contributed by atoms with E-state index in [4.69, 9.17) is 0 Å². The fourth-order valence-corrected chi connectivity index (χ4v) is 4.39. The number of hydrogen-bond donors (Lipinski definition) is 1. The van der Waals surface area contributed by atoms with E-state index in [2.05, 4.69) is 12.2 Å². The Morgan fingerprint density at radius 1 is 1.22 bits per heavy atom. The van der Waals surface area contributed by atoms with Gasteiger partial charge in [0.2, 0.25) is 11.8 Å². The summed E-state index contributed by atoms with van der Waals surface area (Å²) in [4.78, 5) is 42.8. The highest BCUT2D eigenvalue weighted by Gasteiger charge is 2.50. The van der Waals surface area contributed by atoms with Gasteiger partial charge in [-0.15, -0.1) is 0 Å². The first kappa shape index (κ1) is 24.0.